The molecule has 3 N–H and O–H groups in total. The summed E-state index contributed by atoms with van der Waals surface area (Å²) >= 11 is 0. The van der Waals surface area contributed by atoms with Crippen molar-refractivity contribution in [3.05, 3.63) is 83.9 Å². The van der Waals surface area contributed by atoms with E-state index in [0.717, 1.165) is 15.7 Å². The molecule has 0 saturated carbocycles. The first-order chi connectivity index (χ1) is 17.7. The fourth-order valence-corrected chi connectivity index (χ4v) is 4.88. The second-order valence-corrected chi connectivity index (χ2v) is 9.24. The molecule has 2 saturated heterocycles. The number of carbonyl (C=O) groups excluding carboxylic acids is 5. The number of fused-ring (bicyclic) bond motifs is 1. The Morgan fingerprint density at radius 1 is 0.811 bits per heavy atom. The van der Waals surface area contributed by atoms with Gasteiger partial charge in [-0.05, 0) is 41.3 Å². The van der Waals surface area contributed by atoms with Gasteiger partial charge in [0.25, 0.3) is 17.7 Å². The van der Waals surface area contributed by atoms with Crippen molar-refractivity contribution in [2.24, 2.45) is 0 Å². The third-order valence-corrected chi connectivity index (χ3v) is 7.03. The molecule has 37 heavy (non-hydrogen) atoms. The van der Waals surface area contributed by atoms with Gasteiger partial charge in [-0.1, -0.05) is 73.7 Å². The molecule has 0 radical (unpaired) electrons. The average Bonchev–Trinajstić information content (AvgIpc) is 3.28. The second kappa shape index (κ2) is 8.74. The quantitative estimate of drug-likeness (QED) is 0.449. The summed E-state index contributed by atoms with van der Waals surface area (Å²) < 4.78 is 0. The van der Waals surface area contributed by atoms with E-state index in [1.165, 1.54) is 0 Å². The van der Waals surface area contributed by atoms with Crippen molar-refractivity contribution >= 4 is 40.6 Å². The van der Waals surface area contributed by atoms with Gasteiger partial charge >= 0.3 is 12.1 Å². The van der Waals surface area contributed by atoms with Gasteiger partial charge in [-0.3, -0.25) is 24.7 Å². The van der Waals surface area contributed by atoms with E-state index in [-0.39, 0.29) is 6.42 Å². The Hall–Kier alpha value is -4.73. The number of amides is 7. The largest absolute Gasteiger partial charge is 0.344 e. The first-order valence-electron chi connectivity index (χ1n) is 11.8. The van der Waals surface area contributed by atoms with E-state index in [9.17, 15) is 24.0 Å². The topological polar surface area (TPSA) is 128 Å². The van der Waals surface area contributed by atoms with Crippen LogP contribution in [0.3, 0.4) is 0 Å². The number of benzene rings is 3. The first-order valence-corrected chi connectivity index (χ1v) is 11.8. The number of urea groups is 2. The van der Waals surface area contributed by atoms with Crippen molar-refractivity contribution in [1.29, 1.82) is 0 Å². The molecular weight excluding hydrogens is 474 g/mol. The number of hydrogen-bond acceptors (Lipinski definition) is 5. The van der Waals surface area contributed by atoms with Crippen molar-refractivity contribution in [3.63, 3.8) is 0 Å². The molecule has 0 unspecified atom stereocenters. The lowest BCUT2D eigenvalue weighted by Crippen LogP contribution is -2.52. The predicted octanol–water partition coefficient (Wildman–Crippen LogP) is 2.50. The van der Waals surface area contributed by atoms with Crippen LogP contribution < -0.4 is 16.1 Å². The zero-order chi connectivity index (χ0) is 26.4. The van der Waals surface area contributed by atoms with Gasteiger partial charge in [0.1, 0.15) is 17.6 Å². The van der Waals surface area contributed by atoms with Crippen LogP contribution in [-0.4, -0.2) is 46.2 Å². The number of hydrogen-bond donors (Lipinski definition) is 3. The summed E-state index contributed by atoms with van der Waals surface area (Å²) in [5.41, 5.74) is 0.685. The molecule has 2 aliphatic heterocycles. The Morgan fingerprint density at radius 3 is 2.19 bits per heavy atom. The van der Waals surface area contributed by atoms with Crippen LogP contribution in [-0.2, 0) is 25.5 Å². The van der Waals surface area contributed by atoms with Crippen molar-refractivity contribution in [2.75, 3.05) is 6.54 Å². The van der Waals surface area contributed by atoms with Gasteiger partial charge in [-0.25, -0.2) is 9.59 Å². The smallest absolute Gasteiger partial charge is 0.319 e. The Balaban J connectivity index is 1.32. The molecule has 10 nitrogen and oxygen atoms in total. The molecular formula is C27H25N5O5. The zero-order valence-corrected chi connectivity index (χ0v) is 20.3. The van der Waals surface area contributed by atoms with Crippen LogP contribution in [0.1, 0.15) is 31.4 Å². The monoisotopic (exact) mass is 499 g/mol. The Morgan fingerprint density at radius 2 is 1.49 bits per heavy atom. The fraction of sp³-hybridized carbons (Fsp3) is 0.222. The highest BCUT2D eigenvalue weighted by Crippen LogP contribution is 2.32. The minimum atomic E-state index is -1.38. The number of hydrazine groups is 1. The highest BCUT2D eigenvalue weighted by molar-refractivity contribution is 6.11. The molecule has 5 rings (SSSR count). The summed E-state index contributed by atoms with van der Waals surface area (Å²) in [5, 5.41) is 7.81. The maximum absolute atomic E-state index is 13.3. The van der Waals surface area contributed by atoms with Crippen LogP contribution in [0.15, 0.2) is 72.8 Å². The average molecular weight is 500 g/mol. The first kappa shape index (κ1) is 24.0. The van der Waals surface area contributed by atoms with Gasteiger partial charge < -0.3 is 10.6 Å². The molecule has 0 spiro atoms. The van der Waals surface area contributed by atoms with Crippen molar-refractivity contribution in [3.8, 4) is 0 Å². The normalized spacial score (nSPS) is 23.4. The summed E-state index contributed by atoms with van der Waals surface area (Å²) in [7, 11) is 0. The highest BCUT2D eigenvalue weighted by Gasteiger charge is 2.53. The molecule has 2 fully saturated rings. The number of carbonyl (C=O) groups is 5. The molecule has 3 aromatic rings. The zero-order valence-electron chi connectivity index (χ0n) is 20.3. The highest BCUT2D eigenvalue weighted by atomic mass is 16.2. The molecule has 2 atom stereocenters. The Bertz CT molecular complexity index is 1460. The minimum Gasteiger partial charge on any atom is -0.319 e. The van der Waals surface area contributed by atoms with Gasteiger partial charge in [0.2, 0.25) is 0 Å². The summed E-state index contributed by atoms with van der Waals surface area (Å²) in [6, 6.07) is 20.2. The lowest BCUT2D eigenvalue weighted by molar-refractivity contribution is -0.141. The Labute approximate surface area is 212 Å². The molecule has 2 heterocycles. The van der Waals surface area contributed by atoms with Gasteiger partial charge in [-0.2, -0.15) is 5.01 Å². The standard InChI is InChI=1S/C27H25N5O5/c1-3-27(19-11-5-4-6-12-19)23(35)32(25(37)29-27)30-21(33)16-31-22(34)26(2,28-24(31)36)20-14-13-17-9-7-8-10-18(17)15-20/h4-15H,3,16H2,1-2H3,(H,28,36)(H,29,37)(H,30,33)/t26-,27+/m0/s1. The van der Waals surface area contributed by atoms with Gasteiger partial charge in [0.05, 0.1) is 0 Å². The molecule has 3 aromatic carbocycles. The SMILES string of the molecule is CC[C@]1(c2ccccc2)NC(=O)N(NC(=O)CN2C(=O)N[C@@](C)(c3ccc4ccccc4c3)C2=O)C1=O. The van der Waals surface area contributed by atoms with E-state index in [1.807, 2.05) is 36.4 Å². The van der Waals surface area contributed by atoms with Crippen molar-refractivity contribution in [1.82, 2.24) is 26.0 Å². The van der Waals surface area contributed by atoms with Crippen LogP contribution in [0.25, 0.3) is 10.8 Å². The summed E-state index contributed by atoms with van der Waals surface area (Å²) in [6.45, 7) is 2.65. The summed E-state index contributed by atoms with van der Waals surface area (Å²) in [6.07, 6.45) is 0.255. The third-order valence-electron chi connectivity index (χ3n) is 7.03. The van der Waals surface area contributed by atoms with Crippen LogP contribution >= 0.6 is 0 Å². The molecule has 0 aromatic heterocycles. The van der Waals surface area contributed by atoms with Gasteiger partial charge in [0, 0.05) is 0 Å². The van der Waals surface area contributed by atoms with Crippen molar-refractivity contribution in [2.45, 2.75) is 31.3 Å². The fourth-order valence-electron chi connectivity index (χ4n) is 4.88. The molecule has 7 amide bonds. The van der Waals surface area contributed by atoms with Crippen LogP contribution in [0.2, 0.25) is 0 Å². The third kappa shape index (κ3) is 3.77. The Kier molecular flexibility index (Phi) is 5.66. The van der Waals surface area contributed by atoms with Crippen LogP contribution in [0, 0.1) is 0 Å². The maximum Gasteiger partial charge on any atom is 0.344 e. The summed E-state index contributed by atoms with van der Waals surface area (Å²) in [5.74, 6) is -2.14. The molecule has 2 aliphatic rings. The van der Waals surface area contributed by atoms with E-state index >= 15 is 0 Å². The lowest BCUT2D eigenvalue weighted by atomic mass is 9.87. The predicted molar refractivity (Wildman–Crippen MR) is 133 cm³/mol. The molecule has 0 bridgehead atoms. The molecule has 10 heteroatoms. The van der Waals surface area contributed by atoms with E-state index in [1.54, 1.807) is 50.2 Å². The van der Waals surface area contributed by atoms with Crippen LogP contribution in [0.4, 0.5) is 9.59 Å². The maximum atomic E-state index is 13.3. The van der Waals surface area contributed by atoms with Crippen molar-refractivity contribution < 1.29 is 24.0 Å². The van der Waals surface area contributed by atoms with E-state index in [0.29, 0.717) is 16.1 Å². The molecule has 188 valence electrons. The van der Waals surface area contributed by atoms with Gasteiger partial charge in [-0.15, -0.1) is 0 Å². The minimum absolute atomic E-state index is 0.255. The van der Waals surface area contributed by atoms with Gasteiger partial charge in [0.15, 0.2) is 0 Å². The second-order valence-electron chi connectivity index (χ2n) is 9.24. The number of rotatable bonds is 6. The molecule has 0 aliphatic carbocycles. The van der Waals surface area contributed by atoms with E-state index in [4.69, 9.17) is 0 Å². The van der Waals surface area contributed by atoms with E-state index in [2.05, 4.69) is 16.1 Å². The number of nitrogens with one attached hydrogen (secondary N) is 3. The number of imide groups is 2. The number of nitrogens with zero attached hydrogens (tertiary/aromatic N) is 2. The summed E-state index contributed by atoms with van der Waals surface area (Å²) in [4.78, 5) is 65.5. The van der Waals surface area contributed by atoms with Crippen LogP contribution in [0.5, 0.6) is 0 Å². The van der Waals surface area contributed by atoms with E-state index < -0.39 is 47.4 Å². The lowest BCUT2D eigenvalue weighted by Gasteiger charge is -2.25.